The molecule has 0 bridgehead atoms. The third kappa shape index (κ3) is 14.1. The van der Waals surface area contributed by atoms with E-state index in [1.165, 1.54) is 6.07 Å². The summed E-state index contributed by atoms with van der Waals surface area (Å²) in [5, 5.41) is 0. The molecule has 0 heterocycles. The lowest BCUT2D eigenvalue weighted by atomic mass is 10.1. The van der Waals surface area contributed by atoms with Gasteiger partial charge in [0.25, 0.3) is 0 Å². The number of nitrogens with two attached hydrogens (primary N) is 1. The number of carbonyl (C=O) groups is 4. The average Bonchev–Trinajstić information content (AvgIpc) is 2.87. The second-order valence-corrected chi connectivity index (χ2v) is 9.49. The van der Waals surface area contributed by atoms with E-state index in [2.05, 4.69) is 0 Å². The molecule has 0 unspecified atom stereocenters. The first-order valence-corrected chi connectivity index (χ1v) is 13.9. The van der Waals surface area contributed by atoms with Gasteiger partial charge in [-0.3, -0.25) is 19.2 Å². The zero-order valence-electron chi connectivity index (χ0n) is 23.4. The molecule has 214 valence electrons. The highest BCUT2D eigenvalue weighted by molar-refractivity contribution is 5.77. The third-order valence-electron chi connectivity index (χ3n) is 5.71. The Hall–Kier alpha value is -2.94. The highest BCUT2D eigenvalue weighted by Gasteiger charge is 2.21. The minimum absolute atomic E-state index is 0.0993. The Morgan fingerprint density at radius 3 is 1.89 bits per heavy atom. The fourth-order valence-electron chi connectivity index (χ4n) is 3.51. The van der Waals surface area contributed by atoms with Gasteiger partial charge in [0.15, 0.2) is 11.5 Å². The number of benzene rings is 1. The first-order chi connectivity index (χ1) is 18.2. The fourth-order valence-corrected chi connectivity index (χ4v) is 3.51. The van der Waals surface area contributed by atoms with E-state index in [4.69, 9.17) is 24.7 Å². The van der Waals surface area contributed by atoms with Gasteiger partial charge in [-0.15, -0.1) is 0 Å². The minimum atomic E-state index is -0.992. The second-order valence-electron chi connectivity index (χ2n) is 9.49. The predicted octanol–water partition coefficient (Wildman–Crippen LogP) is 5.19. The summed E-state index contributed by atoms with van der Waals surface area (Å²) in [4.78, 5) is 48.8. The van der Waals surface area contributed by atoms with Gasteiger partial charge < -0.3 is 24.7 Å². The lowest BCUT2D eigenvalue weighted by molar-refractivity contribution is -0.158. The molecule has 1 rings (SSSR count). The van der Waals surface area contributed by atoms with Gasteiger partial charge >= 0.3 is 23.9 Å². The maximum atomic E-state index is 12.4. The van der Waals surface area contributed by atoms with Crippen molar-refractivity contribution in [2.75, 3.05) is 6.61 Å². The van der Waals surface area contributed by atoms with Crippen LogP contribution in [0.3, 0.4) is 0 Å². The molecule has 0 saturated carbocycles. The molecule has 1 aromatic rings. The molecule has 0 aliphatic rings. The zero-order chi connectivity index (χ0) is 28.3. The van der Waals surface area contributed by atoms with E-state index in [9.17, 15) is 19.2 Å². The average molecular weight is 536 g/mol. The van der Waals surface area contributed by atoms with E-state index in [1.54, 1.807) is 19.1 Å². The van der Waals surface area contributed by atoms with Crippen molar-refractivity contribution in [1.29, 1.82) is 0 Å². The molecule has 1 aromatic carbocycles. The highest BCUT2D eigenvalue weighted by atomic mass is 16.6. The van der Waals surface area contributed by atoms with E-state index in [0.717, 1.165) is 38.5 Å². The molecule has 38 heavy (non-hydrogen) atoms. The Morgan fingerprint density at radius 1 is 0.763 bits per heavy atom. The number of esters is 4. The molecular weight excluding hydrogens is 490 g/mol. The van der Waals surface area contributed by atoms with Gasteiger partial charge in [0, 0.05) is 19.3 Å². The van der Waals surface area contributed by atoms with Crippen LogP contribution < -0.4 is 15.2 Å². The molecule has 0 spiro atoms. The van der Waals surface area contributed by atoms with Gasteiger partial charge in [0.1, 0.15) is 18.8 Å². The van der Waals surface area contributed by atoms with Gasteiger partial charge in [-0.2, -0.15) is 0 Å². The summed E-state index contributed by atoms with van der Waals surface area (Å²) in [6.07, 6.45) is 7.17. The van der Waals surface area contributed by atoms with Crippen molar-refractivity contribution >= 4 is 23.9 Å². The largest absolute Gasteiger partial charge is 0.461 e. The monoisotopic (exact) mass is 535 g/mol. The Bertz CT molecular complexity index is 885. The molecule has 0 fully saturated rings. The molecule has 2 N–H and O–H groups in total. The minimum Gasteiger partial charge on any atom is -0.461 e. The molecule has 0 amide bonds. The SMILES string of the molecule is CCCCCC(=O)Oc1ccc(C[C@H](N)C(=O)OC[C@H](C)OC(=O)CCCC)cc1OC(=O)CCCCC. The topological polar surface area (TPSA) is 131 Å². The first kappa shape index (κ1) is 33.1. The van der Waals surface area contributed by atoms with Crippen LogP contribution in [0.25, 0.3) is 0 Å². The van der Waals surface area contributed by atoms with Crippen LogP contribution in [-0.4, -0.2) is 42.6 Å². The van der Waals surface area contributed by atoms with Gasteiger partial charge in [-0.1, -0.05) is 58.9 Å². The molecule has 0 aromatic heterocycles. The standard InChI is InChI=1S/C29H45NO8/c1-5-8-11-14-27(32)37-24-17-16-22(19-25(24)38-28(33)15-12-9-6-2)18-23(30)29(34)35-20-21(4)36-26(31)13-10-7-3/h16-17,19,21,23H,5-15,18,20,30H2,1-4H3/t21-,23-/m0/s1. The summed E-state index contributed by atoms with van der Waals surface area (Å²) < 4.78 is 21.4. The van der Waals surface area contributed by atoms with Crippen LogP contribution in [0.5, 0.6) is 11.5 Å². The quantitative estimate of drug-likeness (QED) is 0.144. The normalized spacial score (nSPS) is 12.3. The Kier molecular flexibility index (Phi) is 16.7. The van der Waals surface area contributed by atoms with Crippen molar-refractivity contribution in [3.05, 3.63) is 23.8 Å². The molecule has 0 radical (unpaired) electrons. The lowest BCUT2D eigenvalue weighted by Crippen LogP contribution is -2.36. The lowest BCUT2D eigenvalue weighted by Gasteiger charge is -2.17. The molecule has 9 nitrogen and oxygen atoms in total. The van der Waals surface area contributed by atoms with Crippen LogP contribution in [0, 0.1) is 0 Å². The number of unbranched alkanes of at least 4 members (excludes halogenated alkanes) is 5. The summed E-state index contributed by atoms with van der Waals surface area (Å²) in [7, 11) is 0. The molecule has 2 atom stereocenters. The van der Waals surface area contributed by atoms with Gasteiger partial charge in [-0.05, 0) is 50.3 Å². The molecule has 0 aliphatic heterocycles. The van der Waals surface area contributed by atoms with Crippen LogP contribution in [0.1, 0.15) is 104 Å². The van der Waals surface area contributed by atoms with Crippen LogP contribution in [0.2, 0.25) is 0 Å². The summed E-state index contributed by atoms with van der Waals surface area (Å²) in [6.45, 7) is 7.61. The van der Waals surface area contributed by atoms with Crippen molar-refractivity contribution in [3.63, 3.8) is 0 Å². The van der Waals surface area contributed by atoms with E-state index < -0.39 is 30.1 Å². The fraction of sp³-hybridized carbons (Fsp3) is 0.655. The smallest absolute Gasteiger partial charge is 0.323 e. The predicted molar refractivity (Wildman–Crippen MR) is 144 cm³/mol. The van der Waals surface area contributed by atoms with Gasteiger partial charge in [-0.25, -0.2) is 0 Å². The molecule has 0 saturated heterocycles. The van der Waals surface area contributed by atoms with Crippen LogP contribution in [0.4, 0.5) is 0 Å². The van der Waals surface area contributed by atoms with E-state index in [1.807, 2.05) is 20.8 Å². The molecule has 0 aliphatic carbocycles. The van der Waals surface area contributed by atoms with Crippen LogP contribution in [-0.2, 0) is 35.1 Å². The summed E-state index contributed by atoms with van der Waals surface area (Å²) in [5.74, 6) is -1.55. The number of hydrogen-bond acceptors (Lipinski definition) is 9. The van der Waals surface area contributed by atoms with Crippen molar-refractivity contribution in [3.8, 4) is 11.5 Å². The Morgan fingerprint density at radius 2 is 1.32 bits per heavy atom. The van der Waals surface area contributed by atoms with Crippen LogP contribution >= 0.6 is 0 Å². The van der Waals surface area contributed by atoms with Gasteiger partial charge in [0.05, 0.1) is 0 Å². The maximum absolute atomic E-state index is 12.4. The summed E-state index contributed by atoms with van der Waals surface area (Å²) in [6, 6.07) is 3.76. The zero-order valence-corrected chi connectivity index (χ0v) is 23.4. The molecular formula is C29H45NO8. The van der Waals surface area contributed by atoms with E-state index in [-0.39, 0.29) is 43.3 Å². The highest BCUT2D eigenvalue weighted by Crippen LogP contribution is 2.30. The van der Waals surface area contributed by atoms with E-state index >= 15 is 0 Å². The Balaban J connectivity index is 2.80. The van der Waals surface area contributed by atoms with Crippen molar-refractivity contribution < 1.29 is 38.1 Å². The maximum Gasteiger partial charge on any atom is 0.323 e. The first-order valence-electron chi connectivity index (χ1n) is 13.9. The van der Waals surface area contributed by atoms with Crippen molar-refractivity contribution in [1.82, 2.24) is 0 Å². The summed E-state index contributed by atoms with van der Waals surface area (Å²) >= 11 is 0. The number of carbonyl (C=O) groups excluding carboxylic acids is 4. The van der Waals surface area contributed by atoms with Crippen molar-refractivity contribution in [2.45, 2.75) is 117 Å². The number of ether oxygens (including phenoxy) is 4. The Labute approximate surface area is 226 Å². The molecule has 9 heteroatoms. The number of rotatable bonds is 19. The van der Waals surface area contributed by atoms with E-state index in [0.29, 0.717) is 24.8 Å². The van der Waals surface area contributed by atoms with Crippen LogP contribution in [0.15, 0.2) is 18.2 Å². The van der Waals surface area contributed by atoms with Gasteiger partial charge in [0.2, 0.25) is 0 Å². The number of hydrogen-bond donors (Lipinski definition) is 1. The van der Waals surface area contributed by atoms with Crippen molar-refractivity contribution in [2.24, 2.45) is 5.73 Å². The third-order valence-corrected chi connectivity index (χ3v) is 5.71. The summed E-state index contributed by atoms with van der Waals surface area (Å²) in [5.41, 5.74) is 6.65. The second kappa shape index (κ2) is 19.2.